The second kappa shape index (κ2) is 7.39. The molecule has 0 aromatic heterocycles. The Morgan fingerprint density at radius 1 is 1.36 bits per heavy atom. The van der Waals surface area contributed by atoms with Crippen molar-refractivity contribution in [2.75, 3.05) is 19.8 Å². The van der Waals surface area contributed by atoms with E-state index in [1.165, 1.54) is 25.1 Å². The molecule has 1 aliphatic heterocycles. The number of nitrogens with one attached hydrogen (secondary N) is 1. The number of halogens is 1. The lowest BCUT2D eigenvalue weighted by atomic mass is 10.1. The molecule has 25 heavy (non-hydrogen) atoms. The maximum Gasteiger partial charge on any atom is 0.244 e. The van der Waals surface area contributed by atoms with Gasteiger partial charge in [0.05, 0.1) is 12.6 Å². The Kier molecular flexibility index (Phi) is 5.41. The highest BCUT2D eigenvalue weighted by atomic mass is 32.2. The fourth-order valence-electron chi connectivity index (χ4n) is 3.07. The van der Waals surface area contributed by atoms with Gasteiger partial charge in [-0.3, -0.25) is 4.79 Å². The molecule has 1 saturated carbocycles. The zero-order valence-electron chi connectivity index (χ0n) is 14.2. The summed E-state index contributed by atoms with van der Waals surface area (Å²) in [4.78, 5) is 14.1. The first kappa shape index (κ1) is 18.3. The van der Waals surface area contributed by atoms with Crippen molar-refractivity contribution in [2.45, 2.75) is 43.2 Å². The van der Waals surface area contributed by atoms with Crippen molar-refractivity contribution >= 4 is 15.9 Å². The van der Waals surface area contributed by atoms with Crippen molar-refractivity contribution in [3.05, 3.63) is 30.1 Å². The van der Waals surface area contributed by atoms with Gasteiger partial charge in [-0.15, -0.1) is 0 Å². The third kappa shape index (κ3) is 4.37. The molecule has 0 radical (unpaired) electrons. The third-order valence-corrected chi connectivity index (χ3v) is 6.15. The molecular formula is C17H23FN2O4S. The van der Waals surface area contributed by atoms with E-state index in [-0.39, 0.29) is 11.9 Å². The van der Waals surface area contributed by atoms with E-state index in [2.05, 4.69) is 4.72 Å². The van der Waals surface area contributed by atoms with E-state index in [9.17, 15) is 17.6 Å². The Bertz CT molecular complexity index is 730. The van der Waals surface area contributed by atoms with Crippen molar-refractivity contribution in [1.29, 1.82) is 0 Å². The summed E-state index contributed by atoms with van der Waals surface area (Å²) in [6, 6.07) is 4.35. The standard InChI is InChI=1S/C17H23FN2O4S/c1-12(19-25(22,23)16-5-3-2-4-15(16)18)17(21)20(14-6-7-14)10-13-8-9-24-11-13/h2-5,12-14,19H,6-11H2,1H3/t12-,13+/m0/s1. The average molecular weight is 370 g/mol. The van der Waals surface area contributed by atoms with Gasteiger partial charge in [-0.1, -0.05) is 12.1 Å². The maximum atomic E-state index is 13.8. The number of hydrogen-bond acceptors (Lipinski definition) is 4. The molecule has 1 aliphatic carbocycles. The molecule has 1 amide bonds. The second-order valence-electron chi connectivity index (χ2n) is 6.72. The number of amides is 1. The Morgan fingerprint density at radius 2 is 2.08 bits per heavy atom. The fourth-order valence-corrected chi connectivity index (χ4v) is 4.34. The first-order valence-corrected chi connectivity index (χ1v) is 10.0. The van der Waals surface area contributed by atoms with Gasteiger partial charge in [0, 0.05) is 25.1 Å². The smallest absolute Gasteiger partial charge is 0.244 e. The van der Waals surface area contributed by atoms with E-state index in [1.54, 1.807) is 4.90 Å². The molecule has 1 aromatic rings. The second-order valence-corrected chi connectivity index (χ2v) is 8.41. The molecule has 2 fully saturated rings. The third-order valence-electron chi connectivity index (χ3n) is 4.58. The van der Waals surface area contributed by atoms with Gasteiger partial charge in [0.2, 0.25) is 15.9 Å². The number of nitrogens with zero attached hydrogens (tertiary/aromatic N) is 1. The van der Waals surface area contributed by atoms with Crippen molar-refractivity contribution in [3.8, 4) is 0 Å². The fraction of sp³-hybridized carbons (Fsp3) is 0.588. The van der Waals surface area contributed by atoms with Crippen molar-refractivity contribution in [3.63, 3.8) is 0 Å². The van der Waals surface area contributed by atoms with Crippen molar-refractivity contribution in [2.24, 2.45) is 5.92 Å². The van der Waals surface area contributed by atoms with Gasteiger partial charge >= 0.3 is 0 Å². The minimum atomic E-state index is -4.10. The predicted octanol–water partition coefficient (Wildman–Crippen LogP) is 1.52. The van der Waals surface area contributed by atoms with Gasteiger partial charge in [-0.25, -0.2) is 12.8 Å². The Morgan fingerprint density at radius 3 is 2.68 bits per heavy atom. The van der Waals surface area contributed by atoms with Gasteiger partial charge in [0.15, 0.2) is 0 Å². The van der Waals surface area contributed by atoms with Crippen LogP contribution in [0.5, 0.6) is 0 Å². The van der Waals surface area contributed by atoms with Crippen LogP contribution in [0.2, 0.25) is 0 Å². The number of carbonyl (C=O) groups is 1. The average Bonchev–Trinajstić information content (AvgIpc) is 3.28. The summed E-state index contributed by atoms with van der Waals surface area (Å²) >= 11 is 0. The van der Waals surface area contributed by atoms with Gasteiger partial charge < -0.3 is 9.64 Å². The minimum Gasteiger partial charge on any atom is -0.381 e. The molecule has 6 nitrogen and oxygen atoms in total. The Balaban J connectivity index is 1.69. The highest BCUT2D eigenvalue weighted by Crippen LogP contribution is 2.29. The van der Waals surface area contributed by atoms with Gasteiger partial charge in [0.1, 0.15) is 10.7 Å². The van der Waals surface area contributed by atoms with Crippen LogP contribution in [0.3, 0.4) is 0 Å². The van der Waals surface area contributed by atoms with E-state index >= 15 is 0 Å². The molecule has 0 unspecified atom stereocenters. The Labute approximate surface area is 147 Å². The van der Waals surface area contributed by atoms with Crippen LogP contribution in [-0.4, -0.2) is 51.1 Å². The lowest BCUT2D eigenvalue weighted by molar-refractivity contribution is -0.133. The summed E-state index contributed by atoms with van der Waals surface area (Å²) in [5.41, 5.74) is 0. The SMILES string of the molecule is C[C@H](NS(=O)(=O)c1ccccc1F)C(=O)N(C[C@H]1CCOC1)C1CC1. The summed E-state index contributed by atoms with van der Waals surface area (Å²) in [7, 11) is -4.10. The van der Waals surface area contributed by atoms with Crippen LogP contribution in [0.4, 0.5) is 4.39 Å². The van der Waals surface area contributed by atoms with Gasteiger partial charge in [-0.05, 0) is 38.3 Å². The zero-order chi connectivity index (χ0) is 18.0. The van der Waals surface area contributed by atoms with E-state index in [1.807, 2.05) is 0 Å². The highest BCUT2D eigenvalue weighted by molar-refractivity contribution is 7.89. The van der Waals surface area contributed by atoms with Crippen LogP contribution in [0, 0.1) is 11.7 Å². The Hall–Kier alpha value is -1.51. The normalized spacial score (nSPS) is 21.9. The summed E-state index contributed by atoms with van der Waals surface area (Å²) in [6.45, 7) is 3.41. The lowest BCUT2D eigenvalue weighted by Gasteiger charge is -2.28. The minimum absolute atomic E-state index is 0.175. The van der Waals surface area contributed by atoms with E-state index in [0.29, 0.717) is 25.7 Å². The first-order valence-electron chi connectivity index (χ1n) is 8.53. The molecule has 2 aliphatic rings. The van der Waals surface area contributed by atoms with Crippen LogP contribution in [0.15, 0.2) is 29.2 Å². The highest BCUT2D eigenvalue weighted by Gasteiger charge is 2.37. The monoisotopic (exact) mass is 370 g/mol. The van der Waals surface area contributed by atoms with Crippen LogP contribution in [-0.2, 0) is 19.6 Å². The van der Waals surface area contributed by atoms with E-state index < -0.39 is 26.8 Å². The summed E-state index contributed by atoms with van der Waals surface area (Å²) < 4.78 is 46.2. The van der Waals surface area contributed by atoms with Crippen LogP contribution in [0.1, 0.15) is 26.2 Å². The summed E-state index contributed by atoms with van der Waals surface area (Å²) in [6.07, 6.45) is 2.78. The molecular weight excluding hydrogens is 347 g/mol. The lowest BCUT2D eigenvalue weighted by Crippen LogP contribution is -2.49. The maximum absolute atomic E-state index is 13.8. The van der Waals surface area contributed by atoms with E-state index in [4.69, 9.17) is 4.74 Å². The largest absolute Gasteiger partial charge is 0.381 e. The number of ether oxygens (including phenoxy) is 1. The molecule has 1 saturated heterocycles. The molecule has 0 bridgehead atoms. The number of sulfonamides is 1. The van der Waals surface area contributed by atoms with Crippen LogP contribution in [0.25, 0.3) is 0 Å². The summed E-state index contributed by atoms with van der Waals surface area (Å²) in [5, 5.41) is 0. The number of hydrogen-bond donors (Lipinski definition) is 1. The zero-order valence-corrected chi connectivity index (χ0v) is 15.0. The molecule has 0 spiro atoms. The topological polar surface area (TPSA) is 75.7 Å². The predicted molar refractivity (Wildman–Crippen MR) is 89.8 cm³/mol. The molecule has 138 valence electrons. The van der Waals surface area contributed by atoms with Crippen molar-refractivity contribution in [1.82, 2.24) is 9.62 Å². The van der Waals surface area contributed by atoms with Gasteiger partial charge in [0.25, 0.3) is 0 Å². The summed E-state index contributed by atoms with van der Waals surface area (Å²) in [5.74, 6) is -0.814. The van der Waals surface area contributed by atoms with Gasteiger partial charge in [-0.2, -0.15) is 4.72 Å². The number of rotatable bonds is 7. The quantitative estimate of drug-likeness (QED) is 0.790. The van der Waals surface area contributed by atoms with E-state index in [0.717, 1.165) is 25.3 Å². The molecule has 3 rings (SSSR count). The molecule has 1 aromatic carbocycles. The molecule has 1 N–H and O–H groups in total. The molecule has 1 heterocycles. The number of carbonyl (C=O) groups excluding carboxylic acids is 1. The van der Waals surface area contributed by atoms with Crippen LogP contribution < -0.4 is 4.72 Å². The van der Waals surface area contributed by atoms with Crippen molar-refractivity contribution < 1.29 is 22.3 Å². The van der Waals surface area contributed by atoms with Crippen LogP contribution >= 0.6 is 0 Å². The molecule has 8 heteroatoms. The number of benzene rings is 1. The first-order chi connectivity index (χ1) is 11.9. The molecule has 2 atom stereocenters.